The summed E-state index contributed by atoms with van der Waals surface area (Å²) in [5.74, 6) is 0.934. The van der Waals surface area contributed by atoms with Gasteiger partial charge >= 0.3 is 0 Å². The smallest absolute Gasteiger partial charge is 0.259 e. The van der Waals surface area contributed by atoms with Gasteiger partial charge in [0.15, 0.2) is 5.03 Å². The molecule has 18 heavy (non-hydrogen) atoms. The van der Waals surface area contributed by atoms with Crippen molar-refractivity contribution in [3.63, 3.8) is 0 Å². The predicted octanol–water partition coefficient (Wildman–Crippen LogP) is 0.466. The van der Waals surface area contributed by atoms with Crippen LogP contribution in [-0.2, 0) is 21.8 Å². The summed E-state index contributed by atoms with van der Waals surface area (Å²) in [4.78, 5) is 3.82. The molecular formula is C10H19N3O3S2. The van der Waals surface area contributed by atoms with Gasteiger partial charge in [-0.15, -0.1) is 0 Å². The molecule has 8 heteroatoms. The summed E-state index contributed by atoms with van der Waals surface area (Å²) in [5, 5.41) is 0.0321. The molecule has 1 unspecified atom stereocenters. The molecule has 0 aliphatic rings. The van der Waals surface area contributed by atoms with Gasteiger partial charge in [-0.1, -0.05) is 0 Å². The fourth-order valence-electron chi connectivity index (χ4n) is 1.36. The Morgan fingerprint density at radius 1 is 1.61 bits per heavy atom. The van der Waals surface area contributed by atoms with Gasteiger partial charge in [-0.05, 0) is 18.4 Å². The zero-order chi connectivity index (χ0) is 13.6. The van der Waals surface area contributed by atoms with Gasteiger partial charge in [0.25, 0.3) is 10.0 Å². The zero-order valence-corrected chi connectivity index (χ0v) is 12.4. The predicted molar refractivity (Wildman–Crippen MR) is 72.2 cm³/mol. The van der Waals surface area contributed by atoms with Crippen molar-refractivity contribution in [1.29, 1.82) is 0 Å². The standard InChI is InChI=1S/C10H19N3O3S2/c1-13-7-10(11-8-13)18(14,15)12-6-9(16-2)4-5-17-3/h7-9,12H,4-6H2,1-3H3. The van der Waals surface area contributed by atoms with Crippen LogP contribution in [-0.4, -0.2) is 49.7 Å². The molecule has 1 atom stereocenters. The summed E-state index contributed by atoms with van der Waals surface area (Å²) in [5.41, 5.74) is 0. The van der Waals surface area contributed by atoms with Gasteiger partial charge in [-0.3, -0.25) is 0 Å². The Labute approximate surface area is 112 Å². The SMILES string of the molecule is COC(CCSC)CNS(=O)(=O)c1cn(C)cn1. The molecule has 1 aromatic heterocycles. The summed E-state index contributed by atoms with van der Waals surface area (Å²) in [6.07, 6.45) is 5.62. The molecule has 1 aromatic rings. The summed E-state index contributed by atoms with van der Waals surface area (Å²) in [6.45, 7) is 0.260. The fraction of sp³-hybridized carbons (Fsp3) is 0.700. The van der Waals surface area contributed by atoms with Crippen LogP contribution in [0.2, 0.25) is 0 Å². The minimum Gasteiger partial charge on any atom is -0.380 e. The minimum absolute atomic E-state index is 0.0321. The number of thioether (sulfide) groups is 1. The summed E-state index contributed by atoms with van der Waals surface area (Å²) in [7, 11) is -0.230. The molecule has 1 N–H and O–H groups in total. The molecule has 0 aliphatic heterocycles. The lowest BCUT2D eigenvalue weighted by Gasteiger charge is -2.14. The lowest BCUT2D eigenvalue weighted by molar-refractivity contribution is 0.104. The Balaban J connectivity index is 2.55. The Hall–Kier alpha value is -0.570. The van der Waals surface area contributed by atoms with E-state index >= 15 is 0 Å². The van der Waals surface area contributed by atoms with Crippen molar-refractivity contribution >= 4 is 21.8 Å². The van der Waals surface area contributed by atoms with E-state index in [1.807, 2.05) is 6.26 Å². The highest BCUT2D eigenvalue weighted by molar-refractivity contribution is 7.98. The van der Waals surface area contributed by atoms with E-state index in [0.29, 0.717) is 0 Å². The van der Waals surface area contributed by atoms with E-state index in [1.165, 1.54) is 12.5 Å². The molecule has 0 amide bonds. The van der Waals surface area contributed by atoms with Crippen molar-refractivity contribution in [3.05, 3.63) is 12.5 Å². The van der Waals surface area contributed by atoms with Crippen molar-refractivity contribution in [2.24, 2.45) is 7.05 Å². The lowest BCUT2D eigenvalue weighted by Crippen LogP contribution is -2.33. The van der Waals surface area contributed by atoms with Crippen LogP contribution in [0.15, 0.2) is 17.6 Å². The second-order valence-electron chi connectivity index (χ2n) is 3.87. The number of hydrogen-bond donors (Lipinski definition) is 1. The molecule has 0 radical (unpaired) electrons. The van der Waals surface area contributed by atoms with E-state index in [9.17, 15) is 8.42 Å². The van der Waals surface area contributed by atoms with Gasteiger partial charge in [-0.2, -0.15) is 11.8 Å². The monoisotopic (exact) mass is 293 g/mol. The highest BCUT2D eigenvalue weighted by atomic mass is 32.2. The average molecular weight is 293 g/mol. The van der Waals surface area contributed by atoms with Gasteiger partial charge in [0.1, 0.15) is 0 Å². The van der Waals surface area contributed by atoms with Crippen molar-refractivity contribution in [2.45, 2.75) is 17.6 Å². The van der Waals surface area contributed by atoms with Gasteiger partial charge in [0.2, 0.25) is 0 Å². The van der Waals surface area contributed by atoms with E-state index in [0.717, 1.165) is 12.2 Å². The van der Waals surface area contributed by atoms with Crippen LogP contribution in [0, 0.1) is 0 Å². The highest BCUT2D eigenvalue weighted by Gasteiger charge is 2.18. The molecule has 0 bridgehead atoms. The highest BCUT2D eigenvalue weighted by Crippen LogP contribution is 2.06. The second-order valence-corrected chi connectivity index (χ2v) is 6.57. The first-order valence-electron chi connectivity index (χ1n) is 5.49. The van der Waals surface area contributed by atoms with Gasteiger partial charge in [0.05, 0.1) is 12.4 Å². The maximum Gasteiger partial charge on any atom is 0.259 e. The average Bonchev–Trinajstić information content (AvgIpc) is 2.77. The lowest BCUT2D eigenvalue weighted by atomic mass is 10.3. The van der Waals surface area contributed by atoms with Crippen LogP contribution in [0.4, 0.5) is 0 Å². The maximum absolute atomic E-state index is 11.9. The Morgan fingerprint density at radius 3 is 2.83 bits per heavy atom. The first-order chi connectivity index (χ1) is 8.49. The maximum atomic E-state index is 11.9. The Bertz CT molecular complexity index is 459. The number of rotatable bonds is 8. The number of ether oxygens (including phenoxy) is 1. The fourth-order valence-corrected chi connectivity index (χ4v) is 2.90. The molecule has 6 nitrogen and oxygen atoms in total. The van der Waals surface area contributed by atoms with Gasteiger partial charge in [-0.25, -0.2) is 18.1 Å². The van der Waals surface area contributed by atoms with E-state index in [-0.39, 0.29) is 17.7 Å². The molecule has 104 valence electrons. The number of nitrogens with zero attached hydrogens (tertiary/aromatic N) is 2. The van der Waals surface area contributed by atoms with Crippen molar-refractivity contribution in [3.8, 4) is 0 Å². The molecule has 1 rings (SSSR count). The van der Waals surface area contributed by atoms with Crippen LogP contribution >= 0.6 is 11.8 Å². The number of imidazole rings is 1. The van der Waals surface area contributed by atoms with Crippen molar-refractivity contribution in [1.82, 2.24) is 14.3 Å². The van der Waals surface area contributed by atoms with E-state index in [2.05, 4.69) is 9.71 Å². The van der Waals surface area contributed by atoms with Crippen LogP contribution in [0.5, 0.6) is 0 Å². The Morgan fingerprint density at radius 2 is 2.33 bits per heavy atom. The molecule has 0 aromatic carbocycles. The number of aryl methyl sites for hydroxylation is 1. The molecule has 0 spiro atoms. The van der Waals surface area contributed by atoms with E-state index in [1.54, 1.807) is 30.5 Å². The molecule has 1 heterocycles. The number of hydrogen-bond acceptors (Lipinski definition) is 5. The summed E-state index contributed by atoms with van der Waals surface area (Å²) >= 11 is 1.71. The minimum atomic E-state index is -3.54. The molecule has 0 fully saturated rings. The van der Waals surface area contributed by atoms with Gasteiger partial charge < -0.3 is 9.30 Å². The number of methoxy groups -OCH3 is 1. The van der Waals surface area contributed by atoms with Crippen LogP contribution in [0.25, 0.3) is 0 Å². The van der Waals surface area contributed by atoms with Crippen LogP contribution in [0.1, 0.15) is 6.42 Å². The quantitative estimate of drug-likeness (QED) is 0.754. The first-order valence-corrected chi connectivity index (χ1v) is 8.36. The van der Waals surface area contributed by atoms with Crippen molar-refractivity contribution in [2.75, 3.05) is 25.7 Å². The summed E-state index contributed by atoms with van der Waals surface area (Å²) < 4.78 is 33.1. The third-order valence-corrected chi connectivity index (χ3v) is 4.39. The molecule has 0 saturated carbocycles. The van der Waals surface area contributed by atoms with Crippen LogP contribution in [0.3, 0.4) is 0 Å². The van der Waals surface area contributed by atoms with E-state index in [4.69, 9.17) is 4.74 Å². The third-order valence-electron chi connectivity index (χ3n) is 2.43. The normalized spacial score (nSPS) is 13.7. The largest absolute Gasteiger partial charge is 0.380 e. The van der Waals surface area contributed by atoms with Crippen molar-refractivity contribution < 1.29 is 13.2 Å². The number of aromatic nitrogens is 2. The zero-order valence-electron chi connectivity index (χ0n) is 10.8. The molecule has 0 aliphatic carbocycles. The number of sulfonamides is 1. The van der Waals surface area contributed by atoms with Gasteiger partial charge in [0, 0.05) is 26.9 Å². The van der Waals surface area contributed by atoms with Crippen LogP contribution < -0.4 is 4.72 Å². The molecule has 0 saturated heterocycles. The third kappa shape index (κ3) is 4.60. The first kappa shape index (κ1) is 15.5. The Kier molecular flexibility index (Phi) is 6.13. The summed E-state index contributed by atoms with van der Waals surface area (Å²) in [6, 6.07) is 0. The topological polar surface area (TPSA) is 73.2 Å². The van der Waals surface area contributed by atoms with E-state index < -0.39 is 10.0 Å². The molecular weight excluding hydrogens is 274 g/mol. The second kappa shape index (κ2) is 7.13. The number of nitrogens with one attached hydrogen (secondary N) is 1.